The molecule has 0 saturated carbocycles. The molecular formula is C19H17FN4O2. The number of para-hydroxylation sites is 1. The Morgan fingerprint density at radius 3 is 2.58 bits per heavy atom. The first kappa shape index (κ1) is 16.3. The standard InChI is InChI=1S/C19H17FN4O2/c20-13-5-7-14(8-6-13)24-17(18(21)25)11-15(22-24)19(26)23-10-9-12-3-1-2-4-16(12)23/h1-8,17H,9-11H2,(H2,21,25). The van der Waals surface area contributed by atoms with Gasteiger partial charge in [-0.1, -0.05) is 18.2 Å². The number of fused-ring (bicyclic) bond motifs is 1. The molecular weight excluding hydrogens is 335 g/mol. The molecule has 0 aromatic heterocycles. The summed E-state index contributed by atoms with van der Waals surface area (Å²) in [6.07, 6.45) is 0.917. The molecule has 2 aliphatic rings. The van der Waals surface area contributed by atoms with Gasteiger partial charge in [-0.2, -0.15) is 5.10 Å². The predicted molar refractivity (Wildman–Crippen MR) is 96.4 cm³/mol. The van der Waals surface area contributed by atoms with Crippen molar-refractivity contribution in [2.24, 2.45) is 10.8 Å². The average molecular weight is 352 g/mol. The van der Waals surface area contributed by atoms with E-state index in [0.29, 0.717) is 12.2 Å². The maximum Gasteiger partial charge on any atom is 0.274 e. The molecule has 4 rings (SSSR count). The van der Waals surface area contributed by atoms with Crippen molar-refractivity contribution in [2.45, 2.75) is 18.9 Å². The highest BCUT2D eigenvalue weighted by atomic mass is 19.1. The van der Waals surface area contributed by atoms with Gasteiger partial charge in [-0.3, -0.25) is 14.6 Å². The molecule has 1 atom stereocenters. The highest BCUT2D eigenvalue weighted by Gasteiger charge is 2.38. The number of benzene rings is 2. The topological polar surface area (TPSA) is 79.0 Å². The number of halogens is 1. The van der Waals surface area contributed by atoms with Crippen LogP contribution in [-0.2, 0) is 16.0 Å². The molecule has 7 heteroatoms. The van der Waals surface area contributed by atoms with Gasteiger partial charge in [0.15, 0.2) is 0 Å². The van der Waals surface area contributed by atoms with Crippen molar-refractivity contribution < 1.29 is 14.0 Å². The zero-order valence-corrected chi connectivity index (χ0v) is 13.9. The molecule has 0 fully saturated rings. The summed E-state index contributed by atoms with van der Waals surface area (Å²) in [5.74, 6) is -1.20. The van der Waals surface area contributed by atoms with Crippen molar-refractivity contribution in [1.82, 2.24) is 0 Å². The molecule has 2 N–H and O–H groups in total. The summed E-state index contributed by atoms with van der Waals surface area (Å²) in [5.41, 5.74) is 8.27. The van der Waals surface area contributed by atoms with Gasteiger partial charge in [0.2, 0.25) is 5.91 Å². The van der Waals surface area contributed by atoms with Gasteiger partial charge < -0.3 is 10.6 Å². The first-order valence-corrected chi connectivity index (χ1v) is 8.36. The molecule has 0 radical (unpaired) electrons. The summed E-state index contributed by atoms with van der Waals surface area (Å²) in [6, 6.07) is 12.5. The molecule has 0 spiro atoms. The molecule has 2 heterocycles. The molecule has 0 saturated heterocycles. The Kier molecular flexibility index (Phi) is 3.91. The number of carbonyl (C=O) groups excluding carboxylic acids is 2. The smallest absolute Gasteiger partial charge is 0.274 e. The van der Waals surface area contributed by atoms with E-state index >= 15 is 0 Å². The summed E-state index contributed by atoms with van der Waals surface area (Å²) >= 11 is 0. The normalized spacial score (nSPS) is 18.7. The number of nitrogens with zero attached hydrogens (tertiary/aromatic N) is 3. The van der Waals surface area contributed by atoms with Gasteiger partial charge in [0.05, 0.1) is 5.69 Å². The number of hydrogen-bond donors (Lipinski definition) is 1. The number of anilines is 2. The van der Waals surface area contributed by atoms with E-state index in [1.807, 2.05) is 24.3 Å². The number of primary amides is 1. The number of hydrazone groups is 1. The second-order valence-electron chi connectivity index (χ2n) is 6.33. The molecule has 2 aromatic carbocycles. The molecule has 2 aliphatic heterocycles. The summed E-state index contributed by atoms with van der Waals surface area (Å²) in [5, 5.41) is 5.74. The SMILES string of the molecule is NC(=O)C1CC(C(=O)N2CCc3ccccc32)=NN1c1ccc(F)cc1. The lowest BCUT2D eigenvalue weighted by Gasteiger charge is -2.20. The minimum absolute atomic E-state index is 0.129. The van der Waals surface area contributed by atoms with E-state index in [0.717, 1.165) is 17.7 Å². The molecule has 132 valence electrons. The van der Waals surface area contributed by atoms with Gasteiger partial charge in [-0.15, -0.1) is 0 Å². The monoisotopic (exact) mass is 352 g/mol. The fourth-order valence-corrected chi connectivity index (χ4v) is 3.40. The van der Waals surface area contributed by atoms with E-state index < -0.39 is 17.8 Å². The van der Waals surface area contributed by atoms with Crippen molar-refractivity contribution >= 4 is 28.9 Å². The van der Waals surface area contributed by atoms with Crippen molar-refractivity contribution in [3.05, 3.63) is 59.9 Å². The minimum atomic E-state index is -0.766. The lowest BCUT2D eigenvalue weighted by Crippen LogP contribution is -2.40. The van der Waals surface area contributed by atoms with E-state index in [2.05, 4.69) is 5.10 Å². The first-order valence-electron chi connectivity index (χ1n) is 8.36. The van der Waals surface area contributed by atoms with Gasteiger partial charge in [-0.25, -0.2) is 4.39 Å². The number of carbonyl (C=O) groups is 2. The van der Waals surface area contributed by atoms with Crippen LogP contribution in [0.2, 0.25) is 0 Å². The van der Waals surface area contributed by atoms with Gasteiger partial charge in [-0.05, 0) is 42.3 Å². The van der Waals surface area contributed by atoms with Crippen LogP contribution in [0.4, 0.5) is 15.8 Å². The number of hydrogen-bond acceptors (Lipinski definition) is 4. The van der Waals surface area contributed by atoms with Crippen LogP contribution in [0.5, 0.6) is 0 Å². The van der Waals surface area contributed by atoms with Crippen LogP contribution in [0.3, 0.4) is 0 Å². The summed E-state index contributed by atoms with van der Waals surface area (Å²) < 4.78 is 13.2. The second-order valence-corrected chi connectivity index (χ2v) is 6.33. The van der Waals surface area contributed by atoms with Crippen molar-refractivity contribution in [3.8, 4) is 0 Å². The van der Waals surface area contributed by atoms with Crippen LogP contribution in [0.15, 0.2) is 53.6 Å². The van der Waals surface area contributed by atoms with E-state index in [1.165, 1.54) is 29.3 Å². The van der Waals surface area contributed by atoms with Gasteiger partial charge in [0.1, 0.15) is 17.6 Å². The zero-order chi connectivity index (χ0) is 18.3. The summed E-state index contributed by atoms with van der Waals surface area (Å²) in [6.45, 7) is 0.578. The number of nitrogens with two attached hydrogens (primary N) is 1. The highest BCUT2D eigenvalue weighted by molar-refractivity contribution is 6.45. The van der Waals surface area contributed by atoms with Crippen LogP contribution < -0.4 is 15.6 Å². The van der Waals surface area contributed by atoms with Crippen molar-refractivity contribution in [1.29, 1.82) is 0 Å². The van der Waals surface area contributed by atoms with Gasteiger partial charge in [0, 0.05) is 18.7 Å². The molecule has 1 unspecified atom stereocenters. The number of rotatable bonds is 3. The predicted octanol–water partition coefficient (Wildman–Crippen LogP) is 1.84. The lowest BCUT2D eigenvalue weighted by atomic mass is 10.1. The molecule has 2 amide bonds. The Hall–Kier alpha value is -3.22. The van der Waals surface area contributed by atoms with E-state index in [4.69, 9.17) is 5.73 Å². The quantitative estimate of drug-likeness (QED) is 0.915. The van der Waals surface area contributed by atoms with Crippen LogP contribution in [0, 0.1) is 5.82 Å². The molecule has 0 bridgehead atoms. The minimum Gasteiger partial charge on any atom is -0.368 e. The van der Waals surface area contributed by atoms with Gasteiger partial charge in [0.25, 0.3) is 5.91 Å². The average Bonchev–Trinajstić information content (AvgIpc) is 3.26. The number of amides is 2. The fraction of sp³-hybridized carbons (Fsp3) is 0.211. The molecule has 6 nitrogen and oxygen atoms in total. The third kappa shape index (κ3) is 2.71. The Morgan fingerprint density at radius 2 is 1.85 bits per heavy atom. The Labute approximate surface area is 149 Å². The molecule has 26 heavy (non-hydrogen) atoms. The largest absolute Gasteiger partial charge is 0.368 e. The van der Waals surface area contributed by atoms with Crippen LogP contribution in [-0.4, -0.2) is 30.1 Å². The van der Waals surface area contributed by atoms with E-state index in [-0.39, 0.29) is 18.0 Å². The maximum absolute atomic E-state index is 13.2. The summed E-state index contributed by atoms with van der Waals surface area (Å²) in [7, 11) is 0. The van der Waals surface area contributed by atoms with Crippen LogP contribution in [0.1, 0.15) is 12.0 Å². The highest BCUT2D eigenvalue weighted by Crippen LogP contribution is 2.30. The van der Waals surface area contributed by atoms with E-state index in [9.17, 15) is 14.0 Å². The third-order valence-corrected chi connectivity index (χ3v) is 4.71. The maximum atomic E-state index is 13.2. The van der Waals surface area contributed by atoms with Crippen molar-refractivity contribution in [3.63, 3.8) is 0 Å². The Morgan fingerprint density at radius 1 is 1.12 bits per heavy atom. The molecule has 0 aliphatic carbocycles. The summed E-state index contributed by atoms with van der Waals surface area (Å²) in [4.78, 5) is 26.5. The van der Waals surface area contributed by atoms with E-state index in [1.54, 1.807) is 4.90 Å². The van der Waals surface area contributed by atoms with Crippen molar-refractivity contribution in [2.75, 3.05) is 16.5 Å². The second kappa shape index (κ2) is 6.25. The zero-order valence-electron chi connectivity index (χ0n) is 13.9. The fourth-order valence-electron chi connectivity index (χ4n) is 3.40. The lowest BCUT2D eigenvalue weighted by molar-refractivity contribution is -0.119. The Balaban J connectivity index is 1.64. The van der Waals surface area contributed by atoms with Gasteiger partial charge >= 0.3 is 0 Å². The first-order chi connectivity index (χ1) is 12.5. The van der Waals surface area contributed by atoms with Crippen LogP contribution in [0.25, 0.3) is 0 Å². The Bertz CT molecular complexity index is 910. The third-order valence-electron chi connectivity index (χ3n) is 4.71. The molecule has 2 aromatic rings. The van der Waals surface area contributed by atoms with Crippen LogP contribution >= 0.6 is 0 Å².